The van der Waals surface area contributed by atoms with Crippen LogP contribution < -0.4 is 9.62 Å². The Balaban J connectivity index is 2.37. The average molecular weight is 492 g/mol. The van der Waals surface area contributed by atoms with Gasteiger partial charge in [-0.1, -0.05) is 51.1 Å². The number of hydrogen-bond acceptors (Lipinski definition) is 4. The van der Waals surface area contributed by atoms with Crippen molar-refractivity contribution in [1.82, 2.24) is 10.2 Å². The van der Waals surface area contributed by atoms with Gasteiger partial charge in [0, 0.05) is 18.7 Å². The fraction of sp³-hybridized carbons (Fsp3) is 0.440. The van der Waals surface area contributed by atoms with E-state index in [4.69, 9.17) is 0 Å². The van der Waals surface area contributed by atoms with Gasteiger partial charge >= 0.3 is 0 Å². The van der Waals surface area contributed by atoms with Gasteiger partial charge in [0.15, 0.2) is 0 Å². The summed E-state index contributed by atoms with van der Waals surface area (Å²) in [5.74, 6) is -1.30. The Bertz CT molecular complexity index is 1090. The van der Waals surface area contributed by atoms with Gasteiger partial charge in [-0.3, -0.25) is 13.9 Å². The first kappa shape index (κ1) is 27.3. The number of amides is 2. The molecule has 186 valence electrons. The van der Waals surface area contributed by atoms with E-state index in [0.29, 0.717) is 12.2 Å². The van der Waals surface area contributed by atoms with Crippen molar-refractivity contribution in [3.63, 3.8) is 0 Å². The van der Waals surface area contributed by atoms with Gasteiger partial charge in [0.25, 0.3) is 0 Å². The van der Waals surface area contributed by atoms with E-state index in [9.17, 15) is 22.4 Å². The summed E-state index contributed by atoms with van der Waals surface area (Å²) < 4.78 is 40.5. The molecule has 0 heterocycles. The molecule has 0 fully saturated rings. The van der Waals surface area contributed by atoms with Crippen LogP contribution in [0.15, 0.2) is 48.5 Å². The van der Waals surface area contributed by atoms with Crippen LogP contribution in [0.5, 0.6) is 0 Å². The highest BCUT2D eigenvalue weighted by atomic mass is 32.2. The van der Waals surface area contributed by atoms with Gasteiger partial charge in [-0.05, 0) is 43.0 Å². The third-order valence-electron chi connectivity index (χ3n) is 5.46. The van der Waals surface area contributed by atoms with Crippen LogP contribution in [-0.4, -0.2) is 50.5 Å². The third-order valence-corrected chi connectivity index (χ3v) is 6.60. The van der Waals surface area contributed by atoms with Gasteiger partial charge in [0.1, 0.15) is 18.4 Å². The summed E-state index contributed by atoms with van der Waals surface area (Å²) in [6.45, 7) is 7.16. The Kier molecular flexibility index (Phi) is 9.61. The van der Waals surface area contributed by atoms with E-state index < -0.39 is 40.2 Å². The maximum Gasteiger partial charge on any atom is 0.244 e. The molecule has 0 saturated heterocycles. The summed E-state index contributed by atoms with van der Waals surface area (Å²) in [5.41, 5.74) is 1.61. The largest absolute Gasteiger partial charge is 0.354 e. The highest BCUT2D eigenvalue weighted by molar-refractivity contribution is 7.92. The minimum absolute atomic E-state index is 0.172. The summed E-state index contributed by atoms with van der Waals surface area (Å²) in [7, 11) is -3.80. The lowest BCUT2D eigenvalue weighted by Gasteiger charge is -2.31. The van der Waals surface area contributed by atoms with Gasteiger partial charge in [0.05, 0.1) is 11.9 Å². The van der Waals surface area contributed by atoms with E-state index in [1.165, 1.54) is 23.1 Å². The Labute approximate surface area is 202 Å². The number of rotatable bonds is 11. The number of sulfonamides is 1. The number of aryl methyl sites for hydroxylation is 1. The van der Waals surface area contributed by atoms with E-state index in [1.54, 1.807) is 37.3 Å². The molecule has 0 aromatic heterocycles. The van der Waals surface area contributed by atoms with Crippen molar-refractivity contribution in [3.05, 3.63) is 65.5 Å². The van der Waals surface area contributed by atoms with E-state index in [-0.39, 0.29) is 18.0 Å². The van der Waals surface area contributed by atoms with E-state index in [0.717, 1.165) is 22.5 Å². The molecule has 0 aliphatic carbocycles. The van der Waals surface area contributed by atoms with Crippen molar-refractivity contribution in [2.45, 2.75) is 46.7 Å². The molecule has 34 heavy (non-hydrogen) atoms. The first-order chi connectivity index (χ1) is 15.9. The van der Waals surface area contributed by atoms with Crippen LogP contribution in [0.3, 0.4) is 0 Å². The first-order valence-corrected chi connectivity index (χ1v) is 13.2. The zero-order chi connectivity index (χ0) is 25.5. The summed E-state index contributed by atoms with van der Waals surface area (Å²) in [4.78, 5) is 27.4. The van der Waals surface area contributed by atoms with Gasteiger partial charge in [0.2, 0.25) is 21.8 Å². The summed E-state index contributed by atoms with van der Waals surface area (Å²) in [6.07, 6.45) is 1.81. The third kappa shape index (κ3) is 7.55. The van der Waals surface area contributed by atoms with E-state index in [1.807, 2.05) is 20.8 Å². The summed E-state index contributed by atoms with van der Waals surface area (Å²) >= 11 is 0. The van der Waals surface area contributed by atoms with Crippen LogP contribution in [-0.2, 0) is 32.6 Å². The Morgan fingerprint density at radius 3 is 2.18 bits per heavy atom. The SMILES string of the molecule is CCc1ccc(N(CC(=O)N(Cc2ccccc2F)[C@H](C)C(=O)NCC(C)C)S(C)(=O)=O)cc1. The molecule has 0 spiro atoms. The Morgan fingerprint density at radius 1 is 1.03 bits per heavy atom. The zero-order valence-corrected chi connectivity index (χ0v) is 21.2. The molecule has 9 heteroatoms. The minimum Gasteiger partial charge on any atom is -0.354 e. The summed E-state index contributed by atoms with van der Waals surface area (Å²) in [5, 5.41) is 2.79. The van der Waals surface area contributed by atoms with Crippen LogP contribution in [0.1, 0.15) is 38.8 Å². The minimum atomic E-state index is -3.80. The van der Waals surface area contributed by atoms with Crippen molar-refractivity contribution in [2.24, 2.45) is 5.92 Å². The second-order valence-electron chi connectivity index (χ2n) is 8.72. The van der Waals surface area contributed by atoms with Crippen molar-refractivity contribution in [2.75, 3.05) is 23.7 Å². The second kappa shape index (κ2) is 12.0. The molecule has 2 aromatic carbocycles. The average Bonchev–Trinajstić information content (AvgIpc) is 2.79. The molecule has 0 saturated carbocycles. The van der Waals surface area contributed by atoms with Crippen molar-refractivity contribution < 1.29 is 22.4 Å². The lowest BCUT2D eigenvalue weighted by Crippen LogP contribution is -2.51. The number of anilines is 1. The lowest BCUT2D eigenvalue weighted by molar-refractivity contribution is -0.139. The summed E-state index contributed by atoms with van der Waals surface area (Å²) in [6, 6.07) is 12.0. The number of nitrogens with one attached hydrogen (secondary N) is 1. The number of carbonyl (C=O) groups is 2. The molecule has 7 nitrogen and oxygen atoms in total. The predicted molar refractivity (Wildman–Crippen MR) is 132 cm³/mol. The first-order valence-electron chi connectivity index (χ1n) is 11.3. The van der Waals surface area contributed by atoms with Gasteiger partial charge in [-0.15, -0.1) is 0 Å². The molecule has 0 bridgehead atoms. The molecule has 0 radical (unpaired) electrons. The molecule has 0 unspecified atom stereocenters. The van der Waals surface area contributed by atoms with Crippen LogP contribution in [0.2, 0.25) is 0 Å². The number of halogens is 1. The number of carbonyl (C=O) groups excluding carboxylic acids is 2. The molecular weight excluding hydrogens is 457 g/mol. The van der Waals surface area contributed by atoms with Crippen LogP contribution in [0, 0.1) is 11.7 Å². The van der Waals surface area contributed by atoms with Crippen LogP contribution >= 0.6 is 0 Å². The molecule has 0 aliphatic rings. The van der Waals surface area contributed by atoms with E-state index >= 15 is 0 Å². The molecule has 1 N–H and O–H groups in total. The normalized spacial score (nSPS) is 12.3. The second-order valence-corrected chi connectivity index (χ2v) is 10.6. The monoisotopic (exact) mass is 491 g/mol. The number of hydrogen-bond donors (Lipinski definition) is 1. The van der Waals surface area contributed by atoms with Gasteiger partial charge in [-0.2, -0.15) is 0 Å². The maximum absolute atomic E-state index is 14.4. The fourth-order valence-electron chi connectivity index (χ4n) is 3.36. The van der Waals surface area contributed by atoms with Crippen molar-refractivity contribution >= 4 is 27.5 Å². The molecular formula is C25H34FN3O4S. The zero-order valence-electron chi connectivity index (χ0n) is 20.4. The topological polar surface area (TPSA) is 86.8 Å². The molecule has 2 aromatic rings. The maximum atomic E-state index is 14.4. The molecule has 1 atom stereocenters. The van der Waals surface area contributed by atoms with E-state index in [2.05, 4.69) is 5.32 Å². The van der Waals surface area contributed by atoms with Crippen LogP contribution in [0.4, 0.5) is 10.1 Å². The van der Waals surface area contributed by atoms with Gasteiger partial charge < -0.3 is 10.2 Å². The highest BCUT2D eigenvalue weighted by Gasteiger charge is 2.30. The molecule has 2 amide bonds. The molecule has 0 aliphatic heterocycles. The number of nitrogens with zero attached hydrogens (tertiary/aromatic N) is 2. The Morgan fingerprint density at radius 2 is 1.65 bits per heavy atom. The fourth-order valence-corrected chi connectivity index (χ4v) is 4.21. The van der Waals surface area contributed by atoms with Gasteiger partial charge in [-0.25, -0.2) is 12.8 Å². The number of benzene rings is 2. The highest BCUT2D eigenvalue weighted by Crippen LogP contribution is 2.20. The van der Waals surface area contributed by atoms with Crippen molar-refractivity contribution in [1.29, 1.82) is 0 Å². The predicted octanol–water partition coefficient (Wildman–Crippen LogP) is 3.34. The van der Waals surface area contributed by atoms with Crippen molar-refractivity contribution in [3.8, 4) is 0 Å². The molecule has 2 rings (SSSR count). The Hall–Kier alpha value is -2.94. The smallest absolute Gasteiger partial charge is 0.244 e. The van der Waals surface area contributed by atoms with Crippen LogP contribution in [0.25, 0.3) is 0 Å². The lowest BCUT2D eigenvalue weighted by atomic mass is 10.1. The quantitative estimate of drug-likeness (QED) is 0.522. The standard InChI is InChI=1S/C25H34FN3O4S/c1-6-20-11-13-22(14-12-20)29(34(5,32)33)17-24(30)28(16-21-9-7-8-10-23(21)26)19(4)25(31)27-15-18(2)3/h7-14,18-19H,6,15-17H2,1-5H3,(H,27,31)/t19-/m1/s1.